The van der Waals surface area contributed by atoms with Gasteiger partial charge in [-0.1, -0.05) is 0 Å². The number of rotatable bonds is 4. The van der Waals surface area contributed by atoms with Gasteiger partial charge in [-0.05, 0) is 20.8 Å². The molecule has 0 bridgehead atoms. The fraction of sp³-hybridized carbons (Fsp3) is 0.545. The summed E-state index contributed by atoms with van der Waals surface area (Å²) in [7, 11) is 0. The van der Waals surface area contributed by atoms with Crippen LogP contribution in [0.5, 0.6) is 0 Å². The van der Waals surface area contributed by atoms with Crippen LogP contribution in [0.2, 0.25) is 0 Å². The molecule has 0 unspecified atom stereocenters. The van der Waals surface area contributed by atoms with Gasteiger partial charge >= 0.3 is 0 Å². The number of nitrogens with zero attached hydrogens (tertiary/aromatic N) is 2. The molecule has 0 fully saturated rings. The highest BCUT2D eigenvalue weighted by Gasteiger charge is 2.12. The molecule has 0 spiro atoms. The second kappa shape index (κ2) is 5.47. The molecule has 0 radical (unpaired) electrons. The zero-order chi connectivity index (χ0) is 12.9. The van der Waals surface area contributed by atoms with Crippen LogP contribution in [0.4, 0.5) is 11.6 Å². The Morgan fingerprint density at radius 3 is 2.59 bits per heavy atom. The van der Waals surface area contributed by atoms with E-state index in [9.17, 15) is 4.79 Å². The minimum atomic E-state index is -0.196. The van der Waals surface area contributed by atoms with Crippen molar-refractivity contribution in [1.29, 1.82) is 0 Å². The van der Waals surface area contributed by atoms with Crippen molar-refractivity contribution in [2.45, 2.75) is 32.7 Å². The molecule has 6 heteroatoms. The third-order valence-electron chi connectivity index (χ3n) is 1.84. The highest BCUT2D eigenvalue weighted by atomic mass is 16.1. The van der Waals surface area contributed by atoms with E-state index in [1.54, 1.807) is 0 Å². The molecule has 1 amide bonds. The normalized spacial score (nSPS) is 11.0. The summed E-state index contributed by atoms with van der Waals surface area (Å²) in [5, 5.41) is 5.88. The van der Waals surface area contributed by atoms with E-state index in [0.717, 1.165) is 0 Å². The molecule has 0 saturated carbocycles. The number of nitrogens with two attached hydrogens (primary N) is 1. The number of hydrogen-bond donors (Lipinski definition) is 3. The van der Waals surface area contributed by atoms with E-state index in [1.165, 1.54) is 12.4 Å². The Balaban J connectivity index is 2.28. The summed E-state index contributed by atoms with van der Waals surface area (Å²) in [6.07, 6.45) is 3.40. The van der Waals surface area contributed by atoms with Crippen LogP contribution in [-0.4, -0.2) is 28.0 Å². The van der Waals surface area contributed by atoms with Crippen LogP contribution in [0.25, 0.3) is 0 Å². The summed E-state index contributed by atoms with van der Waals surface area (Å²) in [4.78, 5) is 19.4. The lowest BCUT2D eigenvalue weighted by Crippen LogP contribution is -2.41. The van der Waals surface area contributed by atoms with Gasteiger partial charge in [-0.3, -0.25) is 4.79 Å². The summed E-state index contributed by atoms with van der Waals surface area (Å²) in [5.74, 6) is 0.997. The molecule has 1 heterocycles. The first-order valence-electron chi connectivity index (χ1n) is 5.49. The Labute approximate surface area is 101 Å². The molecule has 0 aliphatic rings. The van der Waals surface area contributed by atoms with E-state index in [0.29, 0.717) is 24.6 Å². The standard InChI is InChI=1S/C11H19N5O/c1-11(2,3)16-10(17)4-5-13-9-7-14-8(12)6-15-9/h6-7H,4-5H2,1-3H3,(H2,12,14)(H,13,15)(H,16,17). The second-order valence-electron chi connectivity index (χ2n) is 4.80. The van der Waals surface area contributed by atoms with Crippen LogP contribution in [0.15, 0.2) is 12.4 Å². The number of anilines is 2. The van der Waals surface area contributed by atoms with Crippen molar-refractivity contribution in [2.24, 2.45) is 0 Å². The zero-order valence-electron chi connectivity index (χ0n) is 10.4. The molecule has 0 aliphatic carbocycles. The van der Waals surface area contributed by atoms with Crippen molar-refractivity contribution >= 4 is 17.5 Å². The monoisotopic (exact) mass is 237 g/mol. The van der Waals surface area contributed by atoms with Gasteiger partial charge in [-0.25, -0.2) is 9.97 Å². The molecule has 1 aromatic heterocycles. The van der Waals surface area contributed by atoms with Gasteiger partial charge in [-0.2, -0.15) is 0 Å². The van der Waals surface area contributed by atoms with Crippen LogP contribution < -0.4 is 16.4 Å². The first-order chi connectivity index (χ1) is 7.87. The lowest BCUT2D eigenvalue weighted by molar-refractivity contribution is -0.122. The molecule has 0 aliphatic heterocycles. The highest BCUT2D eigenvalue weighted by Crippen LogP contribution is 2.02. The van der Waals surface area contributed by atoms with E-state index < -0.39 is 0 Å². The van der Waals surface area contributed by atoms with Crippen molar-refractivity contribution < 1.29 is 4.79 Å². The summed E-state index contributed by atoms with van der Waals surface area (Å²) in [6.45, 7) is 6.36. The molecule has 6 nitrogen and oxygen atoms in total. The number of carbonyl (C=O) groups is 1. The smallest absolute Gasteiger partial charge is 0.222 e. The van der Waals surface area contributed by atoms with E-state index in [-0.39, 0.29) is 11.4 Å². The molecule has 4 N–H and O–H groups in total. The van der Waals surface area contributed by atoms with E-state index >= 15 is 0 Å². The largest absolute Gasteiger partial charge is 0.382 e. The Kier molecular flexibility index (Phi) is 4.25. The second-order valence-corrected chi connectivity index (χ2v) is 4.80. The van der Waals surface area contributed by atoms with Crippen molar-refractivity contribution in [3.63, 3.8) is 0 Å². The fourth-order valence-electron chi connectivity index (χ4n) is 1.21. The highest BCUT2D eigenvalue weighted by molar-refractivity contribution is 5.77. The van der Waals surface area contributed by atoms with Crippen LogP contribution in [0.3, 0.4) is 0 Å². The quantitative estimate of drug-likeness (QED) is 0.719. The summed E-state index contributed by atoms with van der Waals surface area (Å²) >= 11 is 0. The van der Waals surface area contributed by atoms with Crippen LogP contribution in [0, 0.1) is 0 Å². The average Bonchev–Trinajstić information content (AvgIpc) is 2.18. The molecule has 0 saturated heterocycles. The lowest BCUT2D eigenvalue weighted by atomic mass is 10.1. The molecular weight excluding hydrogens is 218 g/mol. The Morgan fingerprint density at radius 1 is 1.35 bits per heavy atom. The van der Waals surface area contributed by atoms with Gasteiger partial charge in [0.15, 0.2) is 0 Å². The lowest BCUT2D eigenvalue weighted by Gasteiger charge is -2.20. The number of aromatic nitrogens is 2. The minimum absolute atomic E-state index is 0.00778. The maximum absolute atomic E-state index is 11.5. The topological polar surface area (TPSA) is 92.9 Å². The molecule has 0 atom stereocenters. The molecule has 1 aromatic rings. The predicted molar refractivity (Wildman–Crippen MR) is 67.4 cm³/mol. The maximum atomic E-state index is 11.5. The van der Waals surface area contributed by atoms with Gasteiger partial charge in [0, 0.05) is 18.5 Å². The SMILES string of the molecule is CC(C)(C)NC(=O)CCNc1cnc(N)cn1. The Hall–Kier alpha value is -1.85. The van der Waals surface area contributed by atoms with Crippen LogP contribution in [0.1, 0.15) is 27.2 Å². The molecule has 94 valence electrons. The van der Waals surface area contributed by atoms with Crippen molar-refractivity contribution in [2.75, 3.05) is 17.6 Å². The van der Waals surface area contributed by atoms with E-state index in [1.807, 2.05) is 20.8 Å². The van der Waals surface area contributed by atoms with Crippen LogP contribution in [-0.2, 0) is 4.79 Å². The summed E-state index contributed by atoms with van der Waals surface area (Å²) < 4.78 is 0. The third kappa shape index (κ3) is 5.70. The van der Waals surface area contributed by atoms with Gasteiger partial charge in [0.2, 0.25) is 5.91 Å². The van der Waals surface area contributed by atoms with Gasteiger partial charge in [0.05, 0.1) is 12.4 Å². The first-order valence-corrected chi connectivity index (χ1v) is 5.49. The van der Waals surface area contributed by atoms with Crippen molar-refractivity contribution in [1.82, 2.24) is 15.3 Å². The number of amides is 1. The predicted octanol–water partition coefficient (Wildman–Crippen LogP) is 0.775. The zero-order valence-corrected chi connectivity index (χ0v) is 10.4. The van der Waals surface area contributed by atoms with Crippen molar-refractivity contribution in [3.05, 3.63) is 12.4 Å². The first kappa shape index (κ1) is 13.2. The Bertz CT molecular complexity index is 368. The number of hydrogen-bond acceptors (Lipinski definition) is 5. The van der Waals surface area contributed by atoms with Crippen molar-refractivity contribution in [3.8, 4) is 0 Å². The fourth-order valence-corrected chi connectivity index (χ4v) is 1.21. The van der Waals surface area contributed by atoms with Gasteiger partial charge < -0.3 is 16.4 Å². The molecule has 0 aromatic carbocycles. The summed E-state index contributed by atoms with van der Waals surface area (Å²) in [5.41, 5.74) is 5.21. The van der Waals surface area contributed by atoms with E-state index in [2.05, 4.69) is 20.6 Å². The molecular formula is C11H19N5O. The number of carbonyl (C=O) groups excluding carboxylic acids is 1. The summed E-state index contributed by atoms with van der Waals surface area (Å²) in [6, 6.07) is 0. The minimum Gasteiger partial charge on any atom is -0.382 e. The average molecular weight is 237 g/mol. The van der Waals surface area contributed by atoms with E-state index in [4.69, 9.17) is 5.73 Å². The van der Waals surface area contributed by atoms with Crippen LogP contribution >= 0.6 is 0 Å². The maximum Gasteiger partial charge on any atom is 0.222 e. The van der Waals surface area contributed by atoms with Gasteiger partial charge in [0.25, 0.3) is 0 Å². The Morgan fingerprint density at radius 2 is 2.06 bits per heavy atom. The van der Waals surface area contributed by atoms with Gasteiger partial charge in [-0.15, -0.1) is 0 Å². The third-order valence-corrected chi connectivity index (χ3v) is 1.84. The number of nitrogens with one attached hydrogen (secondary N) is 2. The molecule has 1 rings (SSSR count). The van der Waals surface area contributed by atoms with Gasteiger partial charge in [0.1, 0.15) is 11.6 Å². The number of nitrogen functional groups attached to an aromatic ring is 1. The molecule has 17 heavy (non-hydrogen) atoms.